The van der Waals surface area contributed by atoms with Crippen LogP contribution < -0.4 is 5.32 Å². The van der Waals surface area contributed by atoms with Gasteiger partial charge >= 0.3 is 30.0 Å². The number of ketones is 1. The molecular weight excluding hydrogens is 798 g/mol. The standard InChI is InChI=1S/C44H55NO16/c1-10-29(47)58-27-19-28-43(21-56-28,60-23(3)46)34-36(59-37(51)24-15-12-11-13-16-24)44(54)20-26(22(2)30(41(44,7)8)32(48)35(50)42(27,34)9)57-38(52)33(49)31(25-17-14-18-55-25)45-39(53)61-40(4,5)6/h11-18,26-28,31-34,36,48-49,54H,10,19-21H2,1-9H3,(H,45,53)/t26-,27-,28?,31-,32+,33+,34-,36-,42+,43-,44+/m0/s1. The number of furan rings is 1. The van der Waals surface area contributed by atoms with E-state index < -0.39 is 118 Å². The first-order chi connectivity index (χ1) is 28.4. The minimum absolute atomic E-state index is 0.0317. The Balaban J connectivity index is 1.52. The number of nitrogens with one attached hydrogen (secondary N) is 1. The molecule has 1 aliphatic heterocycles. The second-order valence-corrected chi connectivity index (χ2v) is 18.0. The highest BCUT2D eigenvalue weighted by atomic mass is 16.6. The Hall–Kier alpha value is -5.10. The largest absolute Gasteiger partial charge is 0.467 e. The van der Waals surface area contributed by atoms with Crippen LogP contribution in [0.5, 0.6) is 0 Å². The molecule has 2 bridgehead atoms. The molecule has 4 N–H and O–H groups in total. The van der Waals surface area contributed by atoms with Gasteiger partial charge in [0.05, 0.1) is 29.8 Å². The zero-order valence-corrected chi connectivity index (χ0v) is 35.7. The molecule has 61 heavy (non-hydrogen) atoms. The summed E-state index contributed by atoms with van der Waals surface area (Å²) in [4.78, 5) is 82.6. The summed E-state index contributed by atoms with van der Waals surface area (Å²) in [6, 6.07) is 9.15. The van der Waals surface area contributed by atoms with Crippen LogP contribution in [-0.2, 0) is 47.6 Å². The summed E-state index contributed by atoms with van der Waals surface area (Å²) in [5, 5.41) is 40.0. The van der Waals surface area contributed by atoms with Crippen LogP contribution >= 0.6 is 0 Å². The Kier molecular flexibility index (Phi) is 12.1. The molecule has 1 amide bonds. The lowest BCUT2D eigenvalue weighted by atomic mass is 9.44. The molecule has 2 heterocycles. The van der Waals surface area contributed by atoms with E-state index in [1.54, 1.807) is 45.9 Å². The van der Waals surface area contributed by atoms with E-state index in [4.69, 9.17) is 32.8 Å². The van der Waals surface area contributed by atoms with Crippen LogP contribution in [0.3, 0.4) is 0 Å². The molecule has 4 aliphatic rings. The number of alkyl carbamates (subject to hydrolysis) is 1. The molecule has 3 fully saturated rings. The number of esters is 4. The SMILES string of the molecule is CCC(=O)O[C@H]1CC2OC[C@@]2(OC(C)=O)[C@H]2[C@H](OC(=O)c3ccccc3)[C@]3(O)C[C@H](OC(=O)[C@H](O)[C@@H](NC(=O)OC(C)(C)C)c4ccco4)C(C)=C([C@@H](O)C(=O)[C@]12C)C3(C)C. The summed E-state index contributed by atoms with van der Waals surface area (Å²) in [5.74, 6) is -6.25. The van der Waals surface area contributed by atoms with Gasteiger partial charge in [-0.25, -0.2) is 14.4 Å². The van der Waals surface area contributed by atoms with Gasteiger partial charge in [0, 0.05) is 31.6 Å². The van der Waals surface area contributed by atoms with Crippen molar-refractivity contribution in [2.24, 2.45) is 16.7 Å². The van der Waals surface area contributed by atoms with Crippen molar-refractivity contribution in [3.05, 3.63) is 71.2 Å². The minimum Gasteiger partial charge on any atom is -0.467 e. The fourth-order valence-electron chi connectivity index (χ4n) is 9.72. The predicted molar refractivity (Wildman–Crippen MR) is 210 cm³/mol. The van der Waals surface area contributed by atoms with E-state index in [1.807, 2.05) is 0 Å². The zero-order chi connectivity index (χ0) is 45.0. The average molecular weight is 854 g/mol. The van der Waals surface area contributed by atoms with Gasteiger partial charge < -0.3 is 53.5 Å². The van der Waals surface area contributed by atoms with Crippen molar-refractivity contribution < 1.29 is 76.9 Å². The van der Waals surface area contributed by atoms with Crippen molar-refractivity contribution in [1.29, 1.82) is 0 Å². The number of carbonyl (C=O) groups is 6. The molecule has 0 spiro atoms. The number of benzene rings is 1. The molecule has 1 aromatic heterocycles. The highest BCUT2D eigenvalue weighted by molar-refractivity contribution is 5.94. The van der Waals surface area contributed by atoms with E-state index in [1.165, 1.54) is 58.2 Å². The summed E-state index contributed by atoms with van der Waals surface area (Å²) in [5.41, 5.74) is -8.76. The molecule has 17 nitrogen and oxygen atoms in total. The molecule has 2 aromatic rings. The minimum atomic E-state index is -2.41. The van der Waals surface area contributed by atoms with E-state index in [-0.39, 0.29) is 41.9 Å². The molecule has 332 valence electrons. The Morgan fingerprint density at radius 2 is 1.67 bits per heavy atom. The first kappa shape index (κ1) is 45.4. The van der Waals surface area contributed by atoms with E-state index in [0.29, 0.717) is 0 Å². The number of fused-ring (bicyclic) bond motifs is 5. The third-order valence-electron chi connectivity index (χ3n) is 12.8. The zero-order valence-electron chi connectivity index (χ0n) is 35.7. The van der Waals surface area contributed by atoms with Gasteiger partial charge in [-0.3, -0.25) is 14.4 Å². The van der Waals surface area contributed by atoms with Crippen molar-refractivity contribution in [2.75, 3.05) is 6.61 Å². The summed E-state index contributed by atoms with van der Waals surface area (Å²) < 4.78 is 41.1. The van der Waals surface area contributed by atoms with Gasteiger partial charge in [-0.05, 0) is 70.0 Å². The number of Topliss-reactive ketones (excluding diaryl/α,β-unsaturated/α-hetero) is 1. The van der Waals surface area contributed by atoms with Crippen molar-refractivity contribution in [2.45, 2.75) is 141 Å². The van der Waals surface area contributed by atoms with Crippen LogP contribution in [0.2, 0.25) is 0 Å². The molecule has 2 saturated carbocycles. The molecule has 1 aromatic carbocycles. The van der Waals surface area contributed by atoms with Gasteiger partial charge in [0.15, 0.2) is 17.5 Å². The van der Waals surface area contributed by atoms with Gasteiger partial charge in [0.25, 0.3) is 0 Å². The van der Waals surface area contributed by atoms with Crippen molar-refractivity contribution in [3.8, 4) is 0 Å². The van der Waals surface area contributed by atoms with Crippen LogP contribution in [0.1, 0.15) is 104 Å². The number of rotatable bonds is 10. The third kappa shape index (κ3) is 7.85. The normalized spacial score (nSPS) is 32.6. The summed E-state index contributed by atoms with van der Waals surface area (Å²) in [6.45, 7) is 13.2. The predicted octanol–water partition coefficient (Wildman–Crippen LogP) is 3.81. The number of aliphatic hydroxyl groups is 3. The molecular formula is C44H55NO16. The van der Waals surface area contributed by atoms with Gasteiger partial charge in [-0.15, -0.1) is 0 Å². The van der Waals surface area contributed by atoms with Crippen LogP contribution in [-0.4, -0.2) is 111 Å². The van der Waals surface area contributed by atoms with Gasteiger partial charge in [0.1, 0.15) is 53.5 Å². The Bertz CT molecular complexity index is 2070. The molecule has 1 saturated heterocycles. The molecule has 1 unspecified atom stereocenters. The summed E-state index contributed by atoms with van der Waals surface area (Å²) in [7, 11) is 0. The highest BCUT2D eigenvalue weighted by Gasteiger charge is 2.78. The maximum Gasteiger partial charge on any atom is 0.408 e. The molecule has 17 heteroatoms. The van der Waals surface area contributed by atoms with Crippen molar-refractivity contribution >= 4 is 35.8 Å². The third-order valence-corrected chi connectivity index (χ3v) is 12.8. The first-order valence-electron chi connectivity index (χ1n) is 20.3. The highest BCUT2D eigenvalue weighted by Crippen LogP contribution is 2.64. The van der Waals surface area contributed by atoms with Crippen LogP contribution in [0.25, 0.3) is 0 Å². The van der Waals surface area contributed by atoms with Crippen LogP contribution in [0.15, 0.2) is 64.3 Å². The molecule has 6 rings (SSSR count). The van der Waals surface area contributed by atoms with E-state index in [2.05, 4.69) is 5.32 Å². The Morgan fingerprint density at radius 3 is 2.23 bits per heavy atom. The van der Waals surface area contributed by atoms with E-state index in [0.717, 1.165) is 6.92 Å². The van der Waals surface area contributed by atoms with Gasteiger partial charge in [-0.1, -0.05) is 39.0 Å². The first-order valence-corrected chi connectivity index (χ1v) is 20.3. The lowest BCUT2D eigenvalue weighted by Gasteiger charge is -2.67. The van der Waals surface area contributed by atoms with E-state index >= 15 is 4.79 Å². The summed E-state index contributed by atoms with van der Waals surface area (Å²) >= 11 is 0. The Labute approximate surface area is 353 Å². The second-order valence-electron chi connectivity index (χ2n) is 18.0. The monoisotopic (exact) mass is 853 g/mol. The smallest absolute Gasteiger partial charge is 0.408 e. The molecule has 3 aliphatic carbocycles. The topological polar surface area (TPSA) is 244 Å². The lowest BCUT2D eigenvalue weighted by molar-refractivity contribution is -0.346. The average Bonchev–Trinajstić information content (AvgIpc) is 3.72. The fraction of sp³-hybridized carbons (Fsp3) is 0.591. The summed E-state index contributed by atoms with van der Waals surface area (Å²) in [6.07, 6.45) is -10.5. The number of carbonyl (C=O) groups excluding carboxylic acids is 6. The Morgan fingerprint density at radius 1 is 1.00 bits per heavy atom. The number of aliphatic hydroxyl groups excluding tert-OH is 2. The number of ether oxygens (including phenoxy) is 6. The van der Waals surface area contributed by atoms with Crippen LogP contribution in [0.4, 0.5) is 4.79 Å². The fourth-order valence-corrected chi connectivity index (χ4v) is 9.72. The second kappa shape index (κ2) is 16.3. The number of amides is 1. The number of hydrogen-bond acceptors (Lipinski definition) is 16. The maximum atomic E-state index is 15.3. The van der Waals surface area contributed by atoms with Crippen molar-refractivity contribution in [3.63, 3.8) is 0 Å². The molecule has 0 radical (unpaired) electrons. The van der Waals surface area contributed by atoms with Gasteiger partial charge in [0.2, 0.25) is 0 Å². The van der Waals surface area contributed by atoms with Gasteiger partial charge in [-0.2, -0.15) is 0 Å². The van der Waals surface area contributed by atoms with Crippen molar-refractivity contribution in [1.82, 2.24) is 5.32 Å². The quantitative estimate of drug-likeness (QED) is 0.151. The van der Waals surface area contributed by atoms with E-state index in [9.17, 15) is 39.3 Å². The number of hydrogen-bond donors (Lipinski definition) is 4. The van der Waals surface area contributed by atoms with Crippen LogP contribution in [0, 0.1) is 16.7 Å². The lowest BCUT2D eigenvalue weighted by Crippen LogP contribution is -2.82. The maximum absolute atomic E-state index is 15.3. The molecule has 11 atom stereocenters.